The number of para-hydroxylation sites is 1. The Bertz CT molecular complexity index is 806. The van der Waals surface area contributed by atoms with E-state index in [0.29, 0.717) is 5.69 Å². The van der Waals surface area contributed by atoms with E-state index in [2.05, 4.69) is 5.32 Å². The van der Waals surface area contributed by atoms with Gasteiger partial charge in [-0.3, -0.25) is 9.59 Å². The normalized spacial score (nSPS) is 17.5. The van der Waals surface area contributed by atoms with E-state index in [1.54, 1.807) is 0 Å². The van der Waals surface area contributed by atoms with Gasteiger partial charge in [0.15, 0.2) is 0 Å². The fourth-order valence-corrected chi connectivity index (χ4v) is 3.10. The van der Waals surface area contributed by atoms with Crippen molar-refractivity contribution in [3.05, 3.63) is 58.7 Å². The summed E-state index contributed by atoms with van der Waals surface area (Å²) in [6.07, 6.45) is 0.180. The van der Waals surface area contributed by atoms with Crippen LogP contribution in [0.15, 0.2) is 36.4 Å². The van der Waals surface area contributed by atoms with Crippen molar-refractivity contribution in [1.82, 2.24) is 0 Å². The van der Waals surface area contributed by atoms with E-state index < -0.39 is 6.04 Å². The average molecular weight is 322 g/mol. The van der Waals surface area contributed by atoms with E-state index in [1.807, 2.05) is 64.1 Å². The van der Waals surface area contributed by atoms with Crippen molar-refractivity contribution in [2.24, 2.45) is 0 Å². The highest BCUT2D eigenvalue weighted by atomic mass is 16.2. The quantitative estimate of drug-likeness (QED) is 0.877. The third kappa shape index (κ3) is 2.80. The molecular formula is C20H22N2O2. The van der Waals surface area contributed by atoms with Crippen LogP contribution in [0.2, 0.25) is 0 Å². The minimum atomic E-state index is -0.515. The lowest BCUT2D eigenvalue weighted by molar-refractivity contribution is -0.121. The molecule has 1 atom stereocenters. The summed E-state index contributed by atoms with van der Waals surface area (Å²) in [6, 6.07) is 11.1. The number of imide groups is 1. The second-order valence-electron chi connectivity index (χ2n) is 6.50. The molecule has 0 radical (unpaired) electrons. The van der Waals surface area contributed by atoms with Crippen LogP contribution in [0, 0.1) is 27.7 Å². The molecule has 1 heterocycles. The van der Waals surface area contributed by atoms with Gasteiger partial charge in [0.1, 0.15) is 6.04 Å². The summed E-state index contributed by atoms with van der Waals surface area (Å²) in [7, 11) is 0. The number of benzene rings is 2. The topological polar surface area (TPSA) is 49.4 Å². The van der Waals surface area contributed by atoms with Gasteiger partial charge >= 0.3 is 0 Å². The number of amides is 2. The number of nitrogens with zero attached hydrogens (tertiary/aromatic N) is 1. The van der Waals surface area contributed by atoms with Gasteiger partial charge in [0.05, 0.1) is 12.1 Å². The highest BCUT2D eigenvalue weighted by Crippen LogP contribution is 2.28. The molecule has 24 heavy (non-hydrogen) atoms. The van der Waals surface area contributed by atoms with Gasteiger partial charge in [-0.2, -0.15) is 0 Å². The molecule has 0 unspecified atom stereocenters. The van der Waals surface area contributed by atoms with E-state index in [9.17, 15) is 9.59 Å². The van der Waals surface area contributed by atoms with Gasteiger partial charge in [0, 0.05) is 5.69 Å². The molecule has 1 fully saturated rings. The average Bonchev–Trinajstić information content (AvgIpc) is 2.80. The molecule has 4 nitrogen and oxygen atoms in total. The molecule has 3 rings (SSSR count). The lowest BCUT2D eigenvalue weighted by atomic mass is 10.1. The van der Waals surface area contributed by atoms with Crippen molar-refractivity contribution in [2.45, 2.75) is 40.2 Å². The van der Waals surface area contributed by atoms with E-state index in [0.717, 1.165) is 27.9 Å². The summed E-state index contributed by atoms with van der Waals surface area (Å²) in [5.74, 6) is -0.349. The number of hydrogen-bond acceptors (Lipinski definition) is 3. The first-order valence-electron chi connectivity index (χ1n) is 8.15. The van der Waals surface area contributed by atoms with Crippen molar-refractivity contribution in [3.63, 3.8) is 0 Å². The van der Waals surface area contributed by atoms with Gasteiger partial charge in [-0.25, -0.2) is 4.90 Å². The smallest absolute Gasteiger partial charge is 0.256 e. The predicted molar refractivity (Wildman–Crippen MR) is 96.4 cm³/mol. The summed E-state index contributed by atoms with van der Waals surface area (Å²) in [5, 5.41) is 3.27. The van der Waals surface area contributed by atoms with E-state index in [-0.39, 0.29) is 18.2 Å². The molecule has 4 heteroatoms. The summed E-state index contributed by atoms with van der Waals surface area (Å²) in [5.41, 5.74) is 5.94. The maximum Gasteiger partial charge on any atom is 0.256 e. The maximum absolute atomic E-state index is 12.8. The molecule has 2 aromatic carbocycles. The van der Waals surface area contributed by atoms with Gasteiger partial charge in [-0.05, 0) is 62.1 Å². The van der Waals surface area contributed by atoms with E-state index in [4.69, 9.17) is 0 Å². The van der Waals surface area contributed by atoms with Crippen molar-refractivity contribution >= 4 is 23.2 Å². The van der Waals surface area contributed by atoms with Crippen molar-refractivity contribution in [2.75, 3.05) is 10.2 Å². The largest absolute Gasteiger partial charge is 0.373 e. The minimum Gasteiger partial charge on any atom is -0.373 e. The molecule has 1 aliphatic heterocycles. The van der Waals surface area contributed by atoms with Crippen LogP contribution in [0.4, 0.5) is 11.4 Å². The van der Waals surface area contributed by atoms with E-state index >= 15 is 0 Å². The Labute approximate surface area is 142 Å². The molecule has 1 aliphatic rings. The highest BCUT2D eigenvalue weighted by molar-refractivity contribution is 6.23. The molecule has 0 bridgehead atoms. The van der Waals surface area contributed by atoms with Crippen molar-refractivity contribution < 1.29 is 9.59 Å². The molecule has 0 aliphatic carbocycles. The van der Waals surface area contributed by atoms with Gasteiger partial charge < -0.3 is 5.32 Å². The van der Waals surface area contributed by atoms with Crippen LogP contribution in [-0.4, -0.2) is 17.9 Å². The standard InChI is InChI=1S/C20H22N2O2/c1-12-8-9-16(10-15(12)4)22-18(23)11-17(20(22)24)21-19-13(2)6-5-7-14(19)3/h5-10,17,21H,11H2,1-4H3/t17-/m0/s1. The third-order valence-corrected chi connectivity index (χ3v) is 4.70. The fraction of sp³-hybridized carbons (Fsp3) is 0.300. The van der Waals surface area contributed by atoms with Gasteiger partial charge in [0.25, 0.3) is 5.91 Å². The monoisotopic (exact) mass is 322 g/mol. The van der Waals surface area contributed by atoms with Crippen LogP contribution in [-0.2, 0) is 9.59 Å². The number of nitrogens with one attached hydrogen (secondary N) is 1. The Kier molecular flexibility index (Phi) is 4.14. The van der Waals surface area contributed by atoms with Crippen LogP contribution < -0.4 is 10.2 Å². The molecule has 2 amide bonds. The molecule has 2 aromatic rings. The van der Waals surface area contributed by atoms with Crippen LogP contribution in [0.25, 0.3) is 0 Å². The lowest BCUT2D eigenvalue weighted by Gasteiger charge is -2.19. The predicted octanol–water partition coefficient (Wildman–Crippen LogP) is 3.66. The van der Waals surface area contributed by atoms with Crippen LogP contribution in [0.1, 0.15) is 28.7 Å². The zero-order valence-electron chi connectivity index (χ0n) is 14.5. The molecule has 0 saturated carbocycles. The van der Waals surface area contributed by atoms with Crippen molar-refractivity contribution in [1.29, 1.82) is 0 Å². The molecule has 1 N–H and O–H groups in total. The number of carbonyl (C=O) groups excluding carboxylic acids is 2. The Morgan fingerprint density at radius 2 is 1.58 bits per heavy atom. The maximum atomic E-state index is 12.8. The third-order valence-electron chi connectivity index (χ3n) is 4.70. The number of anilines is 2. The minimum absolute atomic E-state index is 0.160. The first kappa shape index (κ1) is 16.2. The Morgan fingerprint density at radius 1 is 0.917 bits per heavy atom. The summed E-state index contributed by atoms with van der Waals surface area (Å²) >= 11 is 0. The molecule has 124 valence electrons. The van der Waals surface area contributed by atoms with Crippen LogP contribution in [0.3, 0.4) is 0 Å². The van der Waals surface area contributed by atoms with E-state index in [1.165, 1.54) is 4.90 Å². The van der Waals surface area contributed by atoms with Crippen LogP contribution >= 0.6 is 0 Å². The second-order valence-corrected chi connectivity index (χ2v) is 6.50. The number of hydrogen-bond donors (Lipinski definition) is 1. The number of rotatable bonds is 3. The highest BCUT2D eigenvalue weighted by Gasteiger charge is 2.39. The van der Waals surface area contributed by atoms with Crippen molar-refractivity contribution in [3.8, 4) is 0 Å². The first-order valence-corrected chi connectivity index (χ1v) is 8.15. The molecule has 1 saturated heterocycles. The fourth-order valence-electron chi connectivity index (χ4n) is 3.10. The Morgan fingerprint density at radius 3 is 2.21 bits per heavy atom. The molecule has 0 aromatic heterocycles. The zero-order valence-corrected chi connectivity index (χ0v) is 14.5. The van der Waals surface area contributed by atoms with Crippen LogP contribution in [0.5, 0.6) is 0 Å². The first-order chi connectivity index (χ1) is 11.4. The number of carbonyl (C=O) groups is 2. The summed E-state index contributed by atoms with van der Waals surface area (Å²) in [6.45, 7) is 7.99. The zero-order chi connectivity index (χ0) is 17.4. The summed E-state index contributed by atoms with van der Waals surface area (Å²) in [4.78, 5) is 26.5. The number of aryl methyl sites for hydroxylation is 4. The molecular weight excluding hydrogens is 300 g/mol. The SMILES string of the molecule is Cc1ccc(N2C(=O)C[C@H](Nc3c(C)cccc3C)C2=O)cc1C. The summed E-state index contributed by atoms with van der Waals surface area (Å²) < 4.78 is 0. The lowest BCUT2D eigenvalue weighted by Crippen LogP contribution is -2.35. The Hall–Kier alpha value is -2.62. The molecule has 0 spiro atoms. The van der Waals surface area contributed by atoms with Gasteiger partial charge in [-0.15, -0.1) is 0 Å². The Balaban J connectivity index is 1.88. The van der Waals surface area contributed by atoms with Gasteiger partial charge in [-0.1, -0.05) is 24.3 Å². The second kappa shape index (κ2) is 6.11. The van der Waals surface area contributed by atoms with Gasteiger partial charge in [0.2, 0.25) is 5.91 Å².